The van der Waals surface area contributed by atoms with E-state index in [1.165, 1.54) is 30.3 Å². The van der Waals surface area contributed by atoms with Gasteiger partial charge in [0, 0.05) is 12.3 Å². The lowest BCUT2D eigenvalue weighted by Crippen LogP contribution is -2.14. The number of rotatable bonds is 4. The maximum atomic E-state index is 11.1. The smallest absolute Gasteiger partial charge is 0.269 e. The maximum Gasteiger partial charge on any atom is 0.269 e. The number of pyridine rings is 1. The number of hydrogen-bond donors (Lipinski definition) is 1. The number of ether oxygens (including phenoxy) is 1. The molecule has 2 aromatic heterocycles. The van der Waals surface area contributed by atoms with Gasteiger partial charge in [0.2, 0.25) is 0 Å². The zero-order valence-corrected chi connectivity index (χ0v) is 10.4. The van der Waals surface area contributed by atoms with E-state index in [1.807, 2.05) is 6.07 Å². The molecule has 0 fully saturated rings. The Kier molecular flexibility index (Phi) is 3.43. The lowest BCUT2D eigenvalue weighted by molar-refractivity contribution is 0.0988. The predicted octanol–water partition coefficient (Wildman–Crippen LogP) is 0.0590. The second-order valence-electron chi connectivity index (χ2n) is 3.71. The fourth-order valence-electron chi connectivity index (χ4n) is 1.59. The average molecular weight is 271 g/mol. The van der Waals surface area contributed by atoms with Crippen LogP contribution in [0.3, 0.4) is 0 Å². The summed E-state index contributed by atoms with van der Waals surface area (Å²) >= 11 is 0. The zero-order chi connectivity index (χ0) is 14.7. The Balaban J connectivity index is 2.55. The molecule has 2 aromatic rings. The Hall–Kier alpha value is -3.21. The fraction of sp³-hybridized carbons (Fsp3) is 0.0833. The van der Waals surface area contributed by atoms with Crippen molar-refractivity contribution in [1.29, 1.82) is 5.26 Å². The highest BCUT2D eigenvalue weighted by molar-refractivity contribution is 5.98. The van der Waals surface area contributed by atoms with E-state index in [4.69, 9.17) is 15.7 Å². The van der Waals surface area contributed by atoms with Gasteiger partial charge in [0.25, 0.3) is 5.91 Å². The first-order valence-corrected chi connectivity index (χ1v) is 5.40. The van der Waals surface area contributed by atoms with E-state index < -0.39 is 5.91 Å². The Labute approximate surface area is 113 Å². The monoisotopic (exact) mass is 271 g/mol. The van der Waals surface area contributed by atoms with Gasteiger partial charge in [0.15, 0.2) is 17.8 Å². The molecule has 0 aliphatic carbocycles. The van der Waals surface area contributed by atoms with Gasteiger partial charge in [-0.15, -0.1) is 0 Å². The molecule has 8 nitrogen and oxygen atoms in total. The van der Waals surface area contributed by atoms with Crippen molar-refractivity contribution in [1.82, 2.24) is 14.8 Å². The van der Waals surface area contributed by atoms with Crippen molar-refractivity contribution in [2.45, 2.75) is 0 Å². The second-order valence-corrected chi connectivity index (χ2v) is 3.71. The van der Waals surface area contributed by atoms with Crippen LogP contribution in [0.4, 0.5) is 0 Å². The summed E-state index contributed by atoms with van der Waals surface area (Å²) in [6, 6.07) is 3.39. The number of carbonyl (C=O) groups is 2. The first-order valence-electron chi connectivity index (χ1n) is 5.40. The molecule has 0 bridgehead atoms. The summed E-state index contributed by atoms with van der Waals surface area (Å²) < 4.78 is 6.26. The van der Waals surface area contributed by atoms with Gasteiger partial charge in [0.1, 0.15) is 17.4 Å². The van der Waals surface area contributed by atoms with E-state index >= 15 is 0 Å². The minimum Gasteiger partial charge on any atom is -0.495 e. The van der Waals surface area contributed by atoms with E-state index in [1.54, 1.807) is 0 Å². The summed E-state index contributed by atoms with van der Waals surface area (Å²) in [7, 11) is 1.41. The van der Waals surface area contributed by atoms with Gasteiger partial charge >= 0.3 is 0 Å². The molecule has 0 saturated carbocycles. The van der Waals surface area contributed by atoms with Gasteiger partial charge in [-0.05, 0) is 0 Å². The van der Waals surface area contributed by atoms with Crippen LogP contribution in [0, 0.1) is 11.3 Å². The molecule has 0 aliphatic heterocycles. The SMILES string of the molecule is COc1cc(-n2cc(C=O)c(C(N)=O)n2)ncc1C#N. The van der Waals surface area contributed by atoms with Crippen LogP contribution in [-0.2, 0) is 0 Å². The normalized spacial score (nSPS) is 9.80. The third kappa shape index (κ3) is 2.20. The molecule has 0 atom stereocenters. The van der Waals surface area contributed by atoms with Crippen molar-refractivity contribution in [3.63, 3.8) is 0 Å². The minimum absolute atomic E-state index is 0.0580. The van der Waals surface area contributed by atoms with Crippen LogP contribution in [0.5, 0.6) is 5.75 Å². The summed E-state index contributed by atoms with van der Waals surface area (Å²) in [5.74, 6) is -0.218. The van der Waals surface area contributed by atoms with E-state index in [-0.39, 0.29) is 22.6 Å². The fourth-order valence-corrected chi connectivity index (χ4v) is 1.59. The predicted molar refractivity (Wildman–Crippen MR) is 66.5 cm³/mol. The third-order valence-electron chi connectivity index (χ3n) is 2.53. The molecule has 0 saturated heterocycles. The molecule has 0 aliphatic rings. The number of amides is 1. The lowest BCUT2D eigenvalue weighted by atomic mass is 10.2. The van der Waals surface area contributed by atoms with Gasteiger partial charge in [-0.1, -0.05) is 0 Å². The molecular weight excluding hydrogens is 262 g/mol. The van der Waals surface area contributed by atoms with Gasteiger partial charge in [-0.3, -0.25) is 9.59 Å². The maximum absolute atomic E-state index is 11.1. The third-order valence-corrected chi connectivity index (χ3v) is 2.53. The van der Waals surface area contributed by atoms with E-state index in [0.29, 0.717) is 12.0 Å². The molecule has 2 rings (SSSR count). The molecule has 20 heavy (non-hydrogen) atoms. The van der Waals surface area contributed by atoms with Gasteiger partial charge in [-0.25, -0.2) is 9.67 Å². The summed E-state index contributed by atoms with van der Waals surface area (Å²) in [5.41, 5.74) is 5.29. The molecule has 8 heteroatoms. The Morgan fingerprint density at radius 3 is 2.85 bits per heavy atom. The van der Waals surface area contributed by atoms with Crippen LogP contribution >= 0.6 is 0 Å². The number of nitrogens with zero attached hydrogens (tertiary/aromatic N) is 4. The van der Waals surface area contributed by atoms with Crippen LogP contribution in [-0.4, -0.2) is 34.1 Å². The Bertz CT molecular complexity index is 729. The summed E-state index contributed by atoms with van der Waals surface area (Å²) in [4.78, 5) is 26.0. The Morgan fingerprint density at radius 1 is 1.60 bits per heavy atom. The number of carbonyl (C=O) groups excluding carboxylic acids is 2. The number of methoxy groups -OCH3 is 1. The Morgan fingerprint density at radius 2 is 2.35 bits per heavy atom. The van der Waals surface area contributed by atoms with Crippen molar-refractivity contribution in [2.24, 2.45) is 5.73 Å². The summed E-state index contributed by atoms with van der Waals surface area (Å²) in [6.07, 6.45) is 3.10. The van der Waals surface area contributed by atoms with E-state index in [0.717, 1.165) is 0 Å². The topological polar surface area (TPSA) is 124 Å². The highest BCUT2D eigenvalue weighted by Gasteiger charge is 2.15. The summed E-state index contributed by atoms with van der Waals surface area (Å²) in [6.45, 7) is 0. The number of nitrogens with two attached hydrogens (primary N) is 1. The van der Waals surface area contributed by atoms with E-state index in [9.17, 15) is 9.59 Å². The molecular formula is C12H9N5O3. The first kappa shape index (κ1) is 13.2. The zero-order valence-electron chi connectivity index (χ0n) is 10.4. The van der Waals surface area contributed by atoms with Crippen LogP contribution in [0.2, 0.25) is 0 Å². The molecule has 2 heterocycles. The van der Waals surface area contributed by atoms with Crippen molar-refractivity contribution in [2.75, 3.05) is 7.11 Å². The lowest BCUT2D eigenvalue weighted by Gasteiger charge is -2.05. The van der Waals surface area contributed by atoms with Crippen LogP contribution in [0.25, 0.3) is 5.82 Å². The molecule has 1 amide bonds. The van der Waals surface area contributed by atoms with Crippen molar-refractivity contribution in [3.8, 4) is 17.6 Å². The van der Waals surface area contributed by atoms with E-state index in [2.05, 4.69) is 10.1 Å². The van der Waals surface area contributed by atoms with Crippen molar-refractivity contribution < 1.29 is 14.3 Å². The number of hydrogen-bond acceptors (Lipinski definition) is 6. The number of primary amides is 1. The highest BCUT2D eigenvalue weighted by atomic mass is 16.5. The van der Waals surface area contributed by atoms with Crippen LogP contribution in [0.1, 0.15) is 26.4 Å². The first-order chi connectivity index (χ1) is 9.60. The molecule has 2 N–H and O–H groups in total. The van der Waals surface area contributed by atoms with Crippen LogP contribution in [0.15, 0.2) is 18.5 Å². The number of aldehydes is 1. The molecule has 0 spiro atoms. The molecule has 0 radical (unpaired) electrons. The average Bonchev–Trinajstić information content (AvgIpc) is 2.91. The molecule has 0 unspecified atom stereocenters. The second kappa shape index (κ2) is 5.19. The van der Waals surface area contributed by atoms with Crippen molar-refractivity contribution >= 4 is 12.2 Å². The van der Waals surface area contributed by atoms with Gasteiger partial charge < -0.3 is 10.5 Å². The largest absolute Gasteiger partial charge is 0.495 e. The summed E-state index contributed by atoms with van der Waals surface area (Å²) in [5, 5.41) is 12.8. The molecule has 100 valence electrons. The number of nitriles is 1. The minimum atomic E-state index is -0.813. The quantitative estimate of drug-likeness (QED) is 0.784. The highest BCUT2D eigenvalue weighted by Crippen LogP contribution is 2.19. The molecule has 0 aromatic carbocycles. The van der Waals surface area contributed by atoms with Crippen molar-refractivity contribution in [3.05, 3.63) is 35.3 Å². The number of aromatic nitrogens is 3. The standard InChI is InChI=1S/C12H9N5O3/c1-20-9-2-10(15-4-7(9)3-13)17-5-8(6-18)11(16-17)12(14)19/h2,4-6H,1H3,(H2,14,19). The van der Waals surface area contributed by atoms with Crippen LogP contribution < -0.4 is 10.5 Å². The van der Waals surface area contributed by atoms with Gasteiger partial charge in [-0.2, -0.15) is 10.4 Å². The van der Waals surface area contributed by atoms with Gasteiger partial charge in [0.05, 0.1) is 18.9 Å².